The number of rotatable bonds is 10. The molecule has 0 aliphatic carbocycles. The Morgan fingerprint density at radius 2 is 2.03 bits per heavy atom. The molecule has 12 nitrogen and oxygen atoms in total. The maximum Gasteiger partial charge on any atom is 0.240 e. The van der Waals surface area contributed by atoms with Gasteiger partial charge in [-0.1, -0.05) is 17.7 Å². The molecule has 1 N–H and O–H groups in total. The number of hydrogen-bond acceptors (Lipinski definition) is 10. The van der Waals surface area contributed by atoms with Gasteiger partial charge in [-0.3, -0.25) is 9.29 Å². The van der Waals surface area contributed by atoms with Crippen LogP contribution in [0, 0.1) is 0 Å². The van der Waals surface area contributed by atoms with Gasteiger partial charge in [0.25, 0.3) is 0 Å². The summed E-state index contributed by atoms with van der Waals surface area (Å²) in [5.74, 6) is 1.01. The van der Waals surface area contributed by atoms with Gasteiger partial charge >= 0.3 is 0 Å². The molecule has 3 aromatic rings. The molecule has 0 radical (unpaired) electrons. The molecule has 0 aromatic carbocycles. The Morgan fingerprint density at radius 3 is 2.69 bits per heavy atom. The van der Waals surface area contributed by atoms with Gasteiger partial charge in [0.1, 0.15) is 17.0 Å². The summed E-state index contributed by atoms with van der Waals surface area (Å²) in [5, 5.41) is 7.61. The zero-order valence-corrected chi connectivity index (χ0v) is 21.0. The number of pyridine rings is 1. The lowest BCUT2D eigenvalue weighted by Gasteiger charge is -2.22. The van der Waals surface area contributed by atoms with Crippen molar-refractivity contribution in [1.29, 1.82) is 0 Å². The highest BCUT2D eigenvalue weighted by atomic mass is 35.5. The first-order valence-corrected chi connectivity index (χ1v) is 12.8. The number of methoxy groups -OCH3 is 2. The van der Waals surface area contributed by atoms with Crippen molar-refractivity contribution in [1.82, 2.24) is 29.7 Å². The van der Waals surface area contributed by atoms with E-state index in [4.69, 9.17) is 25.8 Å². The number of nitrogens with one attached hydrogen (secondary N) is 1. The van der Waals surface area contributed by atoms with E-state index >= 15 is 0 Å². The summed E-state index contributed by atoms with van der Waals surface area (Å²) in [6, 6.07) is 5.23. The molecule has 35 heavy (non-hydrogen) atoms. The molecule has 188 valence electrons. The van der Waals surface area contributed by atoms with E-state index in [0.29, 0.717) is 35.6 Å². The average Bonchev–Trinajstić information content (AvgIpc) is 3.51. The fraction of sp³-hybridized carbons (Fsp3) is 0.476. The van der Waals surface area contributed by atoms with E-state index in [1.807, 2.05) is 0 Å². The van der Waals surface area contributed by atoms with Crippen LogP contribution in [0.25, 0.3) is 11.5 Å². The quantitative estimate of drug-likeness (QED) is 0.420. The van der Waals surface area contributed by atoms with Crippen LogP contribution in [-0.4, -0.2) is 70.3 Å². The number of ether oxygens (including phenoxy) is 3. The van der Waals surface area contributed by atoms with E-state index in [1.165, 1.54) is 33.5 Å². The molecule has 0 bridgehead atoms. The highest BCUT2D eigenvalue weighted by Crippen LogP contribution is 2.28. The van der Waals surface area contributed by atoms with Crippen molar-refractivity contribution in [3.05, 3.63) is 41.4 Å². The highest BCUT2D eigenvalue weighted by molar-refractivity contribution is 7.93. The summed E-state index contributed by atoms with van der Waals surface area (Å²) in [6.07, 6.45) is 3.48. The van der Waals surface area contributed by atoms with E-state index in [9.17, 15) is 8.42 Å². The number of anilines is 1. The molecule has 14 heteroatoms. The highest BCUT2D eigenvalue weighted by Gasteiger charge is 2.34. The minimum absolute atomic E-state index is 0.0406. The number of halogens is 1. The molecule has 3 atom stereocenters. The maximum atomic E-state index is 13.4. The first-order valence-electron chi connectivity index (χ1n) is 10.9. The van der Waals surface area contributed by atoms with E-state index in [2.05, 4.69) is 29.9 Å². The van der Waals surface area contributed by atoms with Crippen LogP contribution in [0.5, 0.6) is 5.88 Å². The van der Waals surface area contributed by atoms with Crippen molar-refractivity contribution < 1.29 is 22.6 Å². The van der Waals surface area contributed by atoms with Crippen molar-refractivity contribution >= 4 is 27.6 Å². The van der Waals surface area contributed by atoms with Crippen LogP contribution in [0.1, 0.15) is 31.7 Å². The van der Waals surface area contributed by atoms with Gasteiger partial charge in [0.2, 0.25) is 21.9 Å². The largest absolute Gasteiger partial charge is 0.481 e. The predicted octanol–water partition coefficient (Wildman–Crippen LogP) is 2.49. The van der Waals surface area contributed by atoms with Crippen molar-refractivity contribution in [3.8, 4) is 17.4 Å². The van der Waals surface area contributed by atoms with Crippen LogP contribution < -0.4 is 9.46 Å². The third kappa shape index (κ3) is 5.69. The lowest BCUT2D eigenvalue weighted by atomic mass is 10.2. The molecule has 1 aliphatic heterocycles. The van der Waals surface area contributed by atoms with Crippen molar-refractivity contribution in [2.75, 3.05) is 25.5 Å². The standard InChI is InChI=1S/C21H26ClN7O5S/c1-13(18(33-3)19-23-10-14(22)11-24-19)35(30,31)28-21-27-26-20(16-7-4-8-17(25-16)32-2)29(21)12-15-6-5-9-34-15/h4,7-8,10-11,13,15,18H,5-6,9,12H2,1-3H3,(H,27,28)/t13?,15-,18?/m0/s1. The van der Waals surface area contributed by atoms with Crippen LogP contribution in [-0.2, 0) is 26.0 Å². The molecule has 0 spiro atoms. The van der Waals surface area contributed by atoms with Gasteiger partial charge in [-0.15, -0.1) is 10.2 Å². The van der Waals surface area contributed by atoms with Gasteiger partial charge < -0.3 is 14.2 Å². The second-order valence-corrected chi connectivity index (χ2v) is 10.4. The Kier molecular flexibility index (Phi) is 7.79. The molecular formula is C21H26ClN7O5S. The minimum Gasteiger partial charge on any atom is -0.481 e. The van der Waals surface area contributed by atoms with Crippen molar-refractivity contribution in [2.45, 2.75) is 43.8 Å². The van der Waals surface area contributed by atoms with Crippen LogP contribution >= 0.6 is 11.6 Å². The fourth-order valence-electron chi connectivity index (χ4n) is 3.75. The van der Waals surface area contributed by atoms with Crippen molar-refractivity contribution in [2.24, 2.45) is 0 Å². The average molecular weight is 524 g/mol. The Bertz CT molecular complexity index is 1250. The van der Waals surface area contributed by atoms with Crippen molar-refractivity contribution in [3.63, 3.8) is 0 Å². The Morgan fingerprint density at radius 1 is 1.26 bits per heavy atom. The summed E-state index contributed by atoms with van der Waals surface area (Å²) < 4.78 is 47.3. The molecule has 2 unspecified atom stereocenters. The lowest BCUT2D eigenvalue weighted by molar-refractivity contribution is 0.0949. The number of aromatic nitrogens is 6. The molecule has 3 aromatic heterocycles. The number of nitrogens with zero attached hydrogens (tertiary/aromatic N) is 6. The Labute approximate surface area is 208 Å². The van der Waals surface area contributed by atoms with E-state index in [-0.39, 0.29) is 17.9 Å². The second-order valence-electron chi connectivity index (χ2n) is 7.93. The molecule has 0 saturated carbocycles. The first kappa shape index (κ1) is 25.2. The van der Waals surface area contributed by atoms with Crippen LogP contribution in [0.15, 0.2) is 30.6 Å². The maximum absolute atomic E-state index is 13.4. The number of sulfonamides is 1. The molecule has 4 heterocycles. The van der Waals surface area contributed by atoms with E-state index in [0.717, 1.165) is 12.8 Å². The topological polar surface area (TPSA) is 143 Å². The van der Waals surface area contributed by atoms with E-state index in [1.54, 1.807) is 22.8 Å². The van der Waals surface area contributed by atoms with Gasteiger partial charge in [-0.2, -0.15) is 0 Å². The Balaban J connectivity index is 1.66. The van der Waals surface area contributed by atoms with Gasteiger partial charge in [0.15, 0.2) is 11.6 Å². The molecule has 4 rings (SSSR count). The molecule has 1 fully saturated rings. The van der Waals surface area contributed by atoms with Gasteiger partial charge in [0, 0.05) is 32.2 Å². The van der Waals surface area contributed by atoms with Gasteiger partial charge in [0.05, 0.1) is 24.8 Å². The van der Waals surface area contributed by atoms with Gasteiger partial charge in [-0.25, -0.2) is 23.4 Å². The fourth-order valence-corrected chi connectivity index (χ4v) is 4.99. The SMILES string of the molecule is COc1cccc(-c2nnc(NS(=O)(=O)C(C)C(OC)c3ncc(Cl)cn3)n2C[C@@H]2CCCO2)n1. The normalized spacial score (nSPS) is 17.8. The summed E-state index contributed by atoms with van der Waals surface area (Å²) in [4.78, 5) is 12.6. The lowest BCUT2D eigenvalue weighted by Crippen LogP contribution is -2.34. The molecule has 0 amide bonds. The molecule has 1 saturated heterocycles. The minimum atomic E-state index is -4.02. The zero-order chi connectivity index (χ0) is 25.0. The predicted molar refractivity (Wildman–Crippen MR) is 128 cm³/mol. The van der Waals surface area contributed by atoms with E-state index < -0.39 is 21.4 Å². The summed E-state index contributed by atoms with van der Waals surface area (Å²) in [6.45, 7) is 2.50. The van der Waals surface area contributed by atoms with Crippen LogP contribution in [0.3, 0.4) is 0 Å². The second kappa shape index (κ2) is 10.8. The zero-order valence-electron chi connectivity index (χ0n) is 19.5. The smallest absolute Gasteiger partial charge is 0.240 e. The van der Waals surface area contributed by atoms with Crippen LogP contribution in [0.4, 0.5) is 5.95 Å². The third-order valence-corrected chi connectivity index (χ3v) is 7.51. The first-order chi connectivity index (χ1) is 16.8. The van der Waals surface area contributed by atoms with Gasteiger partial charge in [-0.05, 0) is 25.8 Å². The summed E-state index contributed by atoms with van der Waals surface area (Å²) in [5.41, 5.74) is 0.484. The summed E-state index contributed by atoms with van der Waals surface area (Å²) in [7, 11) is -1.11. The van der Waals surface area contributed by atoms with Crippen LogP contribution in [0.2, 0.25) is 5.02 Å². The molecular weight excluding hydrogens is 498 g/mol. The summed E-state index contributed by atoms with van der Waals surface area (Å²) >= 11 is 5.86. The Hall–Kier alpha value is -2.87. The molecule has 1 aliphatic rings. The third-order valence-electron chi connectivity index (χ3n) is 5.62. The number of hydrogen-bond donors (Lipinski definition) is 1. The monoisotopic (exact) mass is 523 g/mol.